The Bertz CT molecular complexity index is 507. The summed E-state index contributed by atoms with van der Waals surface area (Å²) in [4.78, 5) is 25.5. The number of carbonyl (C=O) groups excluding carboxylic acids is 1. The Morgan fingerprint density at radius 3 is 2.58 bits per heavy atom. The molecule has 0 saturated heterocycles. The van der Waals surface area contributed by atoms with Crippen molar-refractivity contribution >= 4 is 17.4 Å². The van der Waals surface area contributed by atoms with Gasteiger partial charge >= 0.3 is 5.97 Å². The van der Waals surface area contributed by atoms with Gasteiger partial charge in [0.2, 0.25) is 5.71 Å². The Morgan fingerprint density at radius 2 is 2.00 bits per heavy atom. The molecular weight excluding hydrogens is 250 g/mol. The van der Waals surface area contributed by atoms with E-state index in [0.717, 1.165) is 5.71 Å². The Hall–Kier alpha value is -2.44. The summed E-state index contributed by atoms with van der Waals surface area (Å²) in [7, 11) is 2.56. The molecule has 0 spiro atoms. The molecule has 1 aromatic rings. The first kappa shape index (κ1) is 14.6. The molecule has 0 radical (unpaired) electrons. The third-order valence-electron chi connectivity index (χ3n) is 1.88. The number of hydrogen-bond acceptors (Lipinski definition) is 7. The van der Waals surface area contributed by atoms with Crippen molar-refractivity contribution in [3.05, 3.63) is 24.0 Å². The third-order valence-corrected chi connectivity index (χ3v) is 1.88. The summed E-state index contributed by atoms with van der Waals surface area (Å²) in [6, 6.07) is 3.27. The highest BCUT2D eigenvalue weighted by Crippen LogP contribution is 2.17. The summed E-state index contributed by atoms with van der Waals surface area (Å²) >= 11 is 0. The number of methoxy groups -OCH3 is 1. The highest BCUT2D eigenvalue weighted by atomic mass is 16.6. The number of hydrogen-bond donors (Lipinski definition) is 0. The summed E-state index contributed by atoms with van der Waals surface area (Å²) in [5, 5.41) is 7.42. The minimum absolute atomic E-state index is 0.0930. The fourth-order valence-corrected chi connectivity index (χ4v) is 1.15. The topological polar surface area (TPSA) is 82.4 Å². The van der Waals surface area contributed by atoms with Crippen LogP contribution in [-0.2, 0) is 14.4 Å². The standard InChI is InChI=1S/C12H15N3O4/c1-8(2)14-19-9-6-5-7-13-10(9)11(15-18-4)12(16)17-3/h5-7H,1-4H3/b15-11+. The number of ether oxygens (including phenoxy) is 1. The first-order chi connectivity index (χ1) is 9.10. The zero-order chi connectivity index (χ0) is 14.3. The average Bonchev–Trinajstić information content (AvgIpc) is 2.42. The molecule has 19 heavy (non-hydrogen) atoms. The maximum absolute atomic E-state index is 11.6. The van der Waals surface area contributed by atoms with Crippen LogP contribution in [0.1, 0.15) is 19.5 Å². The normalized spacial score (nSPS) is 10.6. The number of aromatic nitrogens is 1. The summed E-state index contributed by atoms with van der Waals surface area (Å²) in [5.41, 5.74) is 0.823. The molecule has 0 aliphatic heterocycles. The van der Waals surface area contributed by atoms with Crippen LogP contribution in [-0.4, -0.2) is 36.6 Å². The third kappa shape index (κ3) is 4.06. The Balaban J connectivity index is 3.20. The van der Waals surface area contributed by atoms with Crippen LogP contribution >= 0.6 is 0 Å². The van der Waals surface area contributed by atoms with Gasteiger partial charge in [-0.1, -0.05) is 10.3 Å². The molecule has 0 saturated carbocycles. The van der Waals surface area contributed by atoms with Gasteiger partial charge < -0.3 is 14.4 Å². The Morgan fingerprint density at radius 1 is 1.26 bits per heavy atom. The number of nitrogens with zero attached hydrogens (tertiary/aromatic N) is 3. The smallest absolute Gasteiger partial charge is 0.362 e. The summed E-state index contributed by atoms with van der Waals surface area (Å²) in [6.45, 7) is 3.56. The second-order valence-electron chi connectivity index (χ2n) is 3.59. The van der Waals surface area contributed by atoms with E-state index in [1.165, 1.54) is 20.4 Å². The number of esters is 1. The molecular formula is C12H15N3O4. The summed E-state index contributed by atoms with van der Waals surface area (Å²) in [6.07, 6.45) is 1.50. The molecule has 0 aromatic carbocycles. The molecule has 0 amide bonds. The highest BCUT2D eigenvalue weighted by molar-refractivity contribution is 6.43. The van der Waals surface area contributed by atoms with Gasteiger partial charge in [0.15, 0.2) is 5.75 Å². The molecule has 1 aromatic heterocycles. The molecule has 1 heterocycles. The lowest BCUT2D eigenvalue weighted by molar-refractivity contribution is -0.132. The number of rotatable bonds is 5. The lowest BCUT2D eigenvalue weighted by Gasteiger charge is -2.07. The quantitative estimate of drug-likeness (QED) is 0.456. The van der Waals surface area contributed by atoms with Crippen molar-refractivity contribution in [3.8, 4) is 5.75 Å². The highest BCUT2D eigenvalue weighted by Gasteiger charge is 2.22. The van der Waals surface area contributed by atoms with Gasteiger partial charge in [-0.15, -0.1) is 0 Å². The van der Waals surface area contributed by atoms with Gasteiger partial charge in [0, 0.05) is 6.20 Å². The molecule has 0 aliphatic rings. The van der Waals surface area contributed by atoms with E-state index in [-0.39, 0.29) is 17.2 Å². The van der Waals surface area contributed by atoms with Crippen LogP contribution in [0.5, 0.6) is 5.75 Å². The zero-order valence-electron chi connectivity index (χ0n) is 11.2. The van der Waals surface area contributed by atoms with Gasteiger partial charge in [0.1, 0.15) is 12.8 Å². The van der Waals surface area contributed by atoms with Crippen LogP contribution in [0.3, 0.4) is 0 Å². The fourth-order valence-electron chi connectivity index (χ4n) is 1.15. The Kier molecular flexibility index (Phi) is 5.46. The molecule has 102 valence electrons. The molecule has 7 heteroatoms. The molecule has 0 aliphatic carbocycles. The number of pyridine rings is 1. The largest absolute Gasteiger partial charge is 0.464 e. The molecule has 0 fully saturated rings. The van der Waals surface area contributed by atoms with Crippen LogP contribution in [0.15, 0.2) is 28.6 Å². The fraction of sp³-hybridized carbons (Fsp3) is 0.333. The van der Waals surface area contributed by atoms with E-state index in [4.69, 9.17) is 4.84 Å². The van der Waals surface area contributed by atoms with Crippen LogP contribution in [0.4, 0.5) is 0 Å². The summed E-state index contributed by atoms with van der Waals surface area (Å²) < 4.78 is 4.62. The number of carbonyl (C=O) groups is 1. The predicted molar refractivity (Wildman–Crippen MR) is 69.2 cm³/mol. The van der Waals surface area contributed by atoms with Crippen molar-refractivity contribution in [3.63, 3.8) is 0 Å². The van der Waals surface area contributed by atoms with Gasteiger partial charge in [-0.25, -0.2) is 4.79 Å². The van der Waals surface area contributed by atoms with E-state index < -0.39 is 5.97 Å². The van der Waals surface area contributed by atoms with E-state index in [0.29, 0.717) is 0 Å². The van der Waals surface area contributed by atoms with Crippen molar-refractivity contribution in [2.75, 3.05) is 14.2 Å². The Labute approximate surface area is 110 Å². The van der Waals surface area contributed by atoms with Crippen LogP contribution in [0.2, 0.25) is 0 Å². The molecule has 0 N–H and O–H groups in total. The van der Waals surface area contributed by atoms with E-state index in [1.807, 2.05) is 0 Å². The van der Waals surface area contributed by atoms with Gasteiger partial charge in [-0.3, -0.25) is 4.98 Å². The van der Waals surface area contributed by atoms with Crippen LogP contribution < -0.4 is 4.84 Å². The molecule has 7 nitrogen and oxygen atoms in total. The van der Waals surface area contributed by atoms with E-state index in [9.17, 15) is 4.79 Å². The number of oxime groups is 2. The van der Waals surface area contributed by atoms with Gasteiger partial charge in [-0.2, -0.15) is 0 Å². The molecule has 0 bridgehead atoms. The zero-order valence-corrected chi connectivity index (χ0v) is 11.2. The van der Waals surface area contributed by atoms with Crippen molar-refractivity contribution < 1.29 is 19.2 Å². The van der Waals surface area contributed by atoms with Crippen molar-refractivity contribution in [2.45, 2.75) is 13.8 Å². The van der Waals surface area contributed by atoms with E-state index in [1.54, 1.807) is 26.0 Å². The maximum atomic E-state index is 11.6. The maximum Gasteiger partial charge on any atom is 0.362 e. The lowest BCUT2D eigenvalue weighted by atomic mass is 10.2. The van der Waals surface area contributed by atoms with Crippen molar-refractivity contribution in [2.24, 2.45) is 10.3 Å². The summed E-state index contributed by atoms with van der Waals surface area (Å²) in [5.74, 6) is -0.396. The SMILES string of the molecule is CO/N=C(/C(=O)OC)c1ncccc1ON=C(C)C. The second-order valence-corrected chi connectivity index (χ2v) is 3.59. The first-order valence-corrected chi connectivity index (χ1v) is 5.43. The van der Waals surface area contributed by atoms with Crippen molar-refractivity contribution in [1.82, 2.24) is 4.98 Å². The second kappa shape index (κ2) is 7.10. The van der Waals surface area contributed by atoms with E-state index in [2.05, 4.69) is 24.9 Å². The first-order valence-electron chi connectivity index (χ1n) is 5.43. The van der Waals surface area contributed by atoms with E-state index >= 15 is 0 Å². The average molecular weight is 265 g/mol. The molecule has 1 rings (SSSR count). The van der Waals surface area contributed by atoms with Crippen LogP contribution in [0, 0.1) is 0 Å². The minimum Gasteiger partial charge on any atom is -0.464 e. The van der Waals surface area contributed by atoms with Gasteiger partial charge in [0.25, 0.3) is 0 Å². The van der Waals surface area contributed by atoms with Gasteiger partial charge in [-0.05, 0) is 26.0 Å². The molecule has 0 atom stereocenters. The monoisotopic (exact) mass is 265 g/mol. The van der Waals surface area contributed by atoms with Crippen LogP contribution in [0.25, 0.3) is 0 Å². The van der Waals surface area contributed by atoms with Gasteiger partial charge in [0.05, 0.1) is 12.8 Å². The van der Waals surface area contributed by atoms with Crippen molar-refractivity contribution in [1.29, 1.82) is 0 Å². The predicted octanol–water partition coefficient (Wildman–Crippen LogP) is 1.38. The lowest BCUT2D eigenvalue weighted by Crippen LogP contribution is -2.19. The molecule has 0 unspecified atom stereocenters. The minimum atomic E-state index is -0.678.